The Morgan fingerprint density at radius 3 is 2.68 bits per heavy atom. The SMILES string of the molecule is C#CC1CC(=O)N(c2ccc3cc(Br)ccc3c2)C1. The van der Waals surface area contributed by atoms with Gasteiger partial charge in [-0.15, -0.1) is 12.3 Å². The van der Waals surface area contributed by atoms with Gasteiger partial charge in [-0.25, -0.2) is 0 Å². The summed E-state index contributed by atoms with van der Waals surface area (Å²) in [5, 5.41) is 2.27. The number of benzene rings is 2. The van der Waals surface area contributed by atoms with Crippen LogP contribution in [0.1, 0.15) is 6.42 Å². The minimum Gasteiger partial charge on any atom is -0.311 e. The van der Waals surface area contributed by atoms with Crippen molar-refractivity contribution in [2.45, 2.75) is 6.42 Å². The first-order chi connectivity index (χ1) is 9.17. The Morgan fingerprint density at radius 1 is 1.21 bits per heavy atom. The average molecular weight is 314 g/mol. The minimum atomic E-state index is 0.0353. The van der Waals surface area contributed by atoms with Crippen LogP contribution in [0, 0.1) is 18.3 Å². The molecule has 1 unspecified atom stereocenters. The van der Waals surface area contributed by atoms with E-state index in [-0.39, 0.29) is 11.8 Å². The summed E-state index contributed by atoms with van der Waals surface area (Å²) >= 11 is 3.46. The lowest BCUT2D eigenvalue weighted by molar-refractivity contribution is -0.117. The summed E-state index contributed by atoms with van der Waals surface area (Å²) < 4.78 is 1.05. The molecule has 19 heavy (non-hydrogen) atoms. The van der Waals surface area contributed by atoms with Crippen LogP contribution in [0.25, 0.3) is 10.8 Å². The molecule has 1 saturated heterocycles. The fourth-order valence-corrected chi connectivity index (χ4v) is 2.82. The molecule has 1 aliphatic heterocycles. The van der Waals surface area contributed by atoms with E-state index in [9.17, 15) is 4.79 Å². The van der Waals surface area contributed by atoms with E-state index in [0.717, 1.165) is 20.9 Å². The molecule has 0 bridgehead atoms. The molecule has 94 valence electrons. The molecule has 3 rings (SSSR count). The molecule has 1 amide bonds. The quantitative estimate of drug-likeness (QED) is 0.737. The average Bonchev–Trinajstić information content (AvgIpc) is 2.79. The Labute approximate surface area is 120 Å². The van der Waals surface area contributed by atoms with Crippen LogP contribution in [0.15, 0.2) is 40.9 Å². The summed E-state index contributed by atoms with van der Waals surface area (Å²) in [6.45, 7) is 0.622. The maximum absolute atomic E-state index is 12.0. The third-order valence-corrected chi connectivity index (χ3v) is 3.95. The van der Waals surface area contributed by atoms with Crippen LogP contribution in [-0.4, -0.2) is 12.5 Å². The molecule has 1 atom stereocenters. The second kappa shape index (κ2) is 4.71. The van der Waals surface area contributed by atoms with Gasteiger partial charge < -0.3 is 4.90 Å². The van der Waals surface area contributed by atoms with Crippen molar-refractivity contribution >= 4 is 38.3 Å². The molecule has 3 heteroatoms. The van der Waals surface area contributed by atoms with Crippen molar-refractivity contribution in [2.75, 3.05) is 11.4 Å². The first-order valence-corrected chi connectivity index (χ1v) is 6.92. The molecule has 0 saturated carbocycles. The number of anilines is 1. The first kappa shape index (κ1) is 12.3. The molecule has 0 aliphatic carbocycles. The fraction of sp³-hybridized carbons (Fsp3) is 0.188. The lowest BCUT2D eigenvalue weighted by Gasteiger charge is -2.16. The number of halogens is 1. The number of carbonyl (C=O) groups is 1. The third kappa shape index (κ3) is 2.24. The van der Waals surface area contributed by atoms with Crippen LogP contribution in [0.3, 0.4) is 0 Å². The smallest absolute Gasteiger partial charge is 0.228 e. The Balaban J connectivity index is 2.00. The van der Waals surface area contributed by atoms with Crippen LogP contribution in [0.5, 0.6) is 0 Å². The molecule has 0 radical (unpaired) electrons. The normalized spacial score (nSPS) is 18.8. The zero-order chi connectivity index (χ0) is 13.4. The van der Waals surface area contributed by atoms with Gasteiger partial charge in [-0.3, -0.25) is 4.79 Å². The highest BCUT2D eigenvalue weighted by atomic mass is 79.9. The Hall–Kier alpha value is -1.79. The van der Waals surface area contributed by atoms with E-state index < -0.39 is 0 Å². The van der Waals surface area contributed by atoms with Crippen molar-refractivity contribution in [3.05, 3.63) is 40.9 Å². The zero-order valence-electron chi connectivity index (χ0n) is 10.3. The standard InChI is InChI=1S/C16H12BrNO/c1-2-11-7-16(19)18(10-11)15-6-4-12-8-14(17)5-3-13(12)9-15/h1,3-6,8-9,11H,7,10H2. The van der Waals surface area contributed by atoms with Crippen molar-refractivity contribution in [3.63, 3.8) is 0 Å². The topological polar surface area (TPSA) is 20.3 Å². The Morgan fingerprint density at radius 2 is 1.95 bits per heavy atom. The lowest BCUT2D eigenvalue weighted by Crippen LogP contribution is -2.24. The van der Waals surface area contributed by atoms with Gasteiger partial charge in [-0.05, 0) is 35.0 Å². The maximum atomic E-state index is 12.0. The summed E-state index contributed by atoms with van der Waals surface area (Å²) in [4.78, 5) is 13.7. The molecular formula is C16H12BrNO. The second-order valence-electron chi connectivity index (χ2n) is 4.75. The summed E-state index contributed by atoms with van der Waals surface area (Å²) in [7, 11) is 0. The van der Waals surface area contributed by atoms with E-state index in [1.54, 1.807) is 4.90 Å². The molecule has 1 aliphatic rings. The monoisotopic (exact) mass is 313 g/mol. The number of terminal acetylenes is 1. The van der Waals surface area contributed by atoms with Crippen LogP contribution >= 0.6 is 15.9 Å². The van der Waals surface area contributed by atoms with Gasteiger partial charge in [0.15, 0.2) is 0 Å². The number of hydrogen-bond acceptors (Lipinski definition) is 1. The van der Waals surface area contributed by atoms with Gasteiger partial charge in [-0.2, -0.15) is 0 Å². The van der Waals surface area contributed by atoms with E-state index in [0.29, 0.717) is 13.0 Å². The third-order valence-electron chi connectivity index (χ3n) is 3.46. The highest BCUT2D eigenvalue weighted by Gasteiger charge is 2.29. The number of hydrogen-bond donors (Lipinski definition) is 0. The van der Waals surface area contributed by atoms with Gasteiger partial charge in [0.1, 0.15) is 0 Å². The summed E-state index contributed by atoms with van der Waals surface area (Å²) in [5.41, 5.74) is 0.928. The zero-order valence-corrected chi connectivity index (χ0v) is 11.9. The van der Waals surface area contributed by atoms with E-state index in [1.807, 2.05) is 30.3 Å². The van der Waals surface area contributed by atoms with Gasteiger partial charge in [-0.1, -0.05) is 28.1 Å². The highest BCUT2D eigenvalue weighted by molar-refractivity contribution is 9.10. The lowest BCUT2D eigenvalue weighted by atomic mass is 10.1. The van der Waals surface area contributed by atoms with Crippen LogP contribution < -0.4 is 4.90 Å². The maximum Gasteiger partial charge on any atom is 0.228 e. The van der Waals surface area contributed by atoms with E-state index in [4.69, 9.17) is 6.42 Å². The number of carbonyl (C=O) groups excluding carboxylic acids is 1. The number of amides is 1. The highest BCUT2D eigenvalue weighted by Crippen LogP contribution is 2.29. The van der Waals surface area contributed by atoms with E-state index in [1.165, 1.54) is 0 Å². The van der Waals surface area contributed by atoms with Gasteiger partial charge >= 0.3 is 0 Å². The van der Waals surface area contributed by atoms with Crippen molar-refractivity contribution in [1.82, 2.24) is 0 Å². The van der Waals surface area contributed by atoms with E-state index in [2.05, 4.69) is 27.9 Å². The summed E-state index contributed by atoms with van der Waals surface area (Å²) in [6.07, 6.45) is 5.86. The van der Waals surface area contributed by atoms with Gasteiger partial charge in [0.25, 0.3) is 0 Å². The molecule has 2 aromatic carbocycles. The Bertz CT molecular complexity index is 701. The molecule has 0 N–H and O–H groups in total. The molecule has 1 fully saturated rings. The minimum absolute atomic E-state index is 0.0353. The molecule has 0 spiro atoms. The number of fused-ring (bicyclic) bond motifs is 1. The number of nitrogens with zero attached hydrogens (tertiary/aromatic N) is 1. The van der Waals surface area contributed by atoms with Gasteiger partial charge in [0.2, 0.25) is 5.91 Å². The van der Waals surface area contributed by atoms with Crippen molar-refractivity contribution < 1.29 is 4.79 Å². The number of rotatable bonds is 1. The fourth-order valence-electron chi connectivity index (χ4n) is 2.44. The predicted molar refractivity (Wildman–Crippen MR) is 80.9 cm³/mol. The molecule has 0 aromatic heterocycles. The van der Waals surface area contributed by atoms with Crippen molar-refractivity contribution in [2.24, 2.45) is 5.92 Å². The summed E-state index contributed by atoms with van der Waals surface area (Å²) in [6, 6.07) is 12.2. The van der Waals surface area contributed by atoms with Crippen molar-refractivity contribution in [1.29, 1.82) is 0 Å². The molecule has 1 heterocycles. The second-order valence-corrected chi connectivity index (χ2v) is 5.66. The van der Waals surface area contributed by atoms with Crippen molar-refractivity contribution in [3.8, 4) is 12.3 Å². The largest absolute Gasteiger partial charge is 0.311 e. The van der Waals surface area contributed by atoms with Gasteiger partial charge in [0.05, 0.1) is 0 Å². The van der Waals surface area contributed by atoms with Crippen LogP contribution in [-0.2, 0) is 4.79 Å². The predicted octanol–water partition coefficient (Wildman–Crippen LogP) is 3.59. The molecule has 2 aromatic rings. The Kier molecular flexibility index (Phi) is 3.04. The summed E-state index contributed by atoms with van der Waals surface area (Å²) in [5.74, 6) is 2.82. The molecule has 2 nitrogen and oxygen atoms in total. The van der Waals surface area contributed by atoms with Gasteiger partial charge in [0, 0.05) is 29.0 Å². The van der Waals surface area contributed by atoms with Crippen LogP contribution in [0.2, 0.25) is 0 Å². The first-order valence-electron chi connectivity index (χ1n) is 6.13. The van der Waals surface area contributed by atoms with Crippen LogP contribution in [0.4, 0.5) is 5.69 Å². The molecular weight excluding hydrogens is 302 g/mol. The van der Waals surface area contributed by atoms with E-state index >= 15 is 0 Å².